The summed E-state index contributed by atoms with van der Waals surface area (Å²) in [5.41, 5.74) is 0.359. The van der Waals surface area contributed by atoms with Crippen molar-refractivity contribution in [2.75, 3.05) is 26.9 Å². The molecule has 0 aliphatic carbocycles. The lowest BCUT2D eigenvalue weighted by molar-refractivity contribution is -0.384. The lowest BCUT2D eigenvalue weighted by Crippen LogP contribution is -2.31. The van der Waals surface area contributed by atoms with Gasteiger partial charge in [-0.05, 0) is 30.7 Å². The minimum absolute atomic E-state index is 0.107. The number of methoxy groups -OCH3 is 1. The van der Waals surface area contributed by atoms with E-state index in [-0.39, 0.29) is 23.0 Å². The maximum absolute atomic E-state index is 12.3. The SMILES string of the molecule is COc1ccc([N+](=O)[O-])cc1C(=O)OCC(=O)N[C@@H](C)c1ccc2c(c1)OCCO2. The van der Waals surface area contributed by atoms with Crippen LogP contribution in [-0.2, 0) is 9.53 Å². The number of amides is 1. The molecule has 1 aliphatic heterocycles. The van der Waals surface area contributed by atoms with Crippen molar-refractivity contribution in [3.63, 3.8) is 0 Å². The number of ether oxygens (including phenoxy) is 4. The first-order chi connectivity index (χ1) is 14.4. The van der Waals surface area contributed by atoms with E-state index in [1.54, 1.807) is 25.1 Å². The summed E-state index contributed by atoms with van der Waals surface area (Å²) in [5.74, 6) is -0.0872. The van der Waals surface area contributed by atoms with Crippen molar-refractivity contribution in [2.45, 2.75) is 13.0 Å². The third-order valence-corrected chi connectivity index (χ3v) is 4.39. The number of esters is 1. The molecule has 1 aliphatic rings. The van der Waals surface area contributed by atoms with Gasteiger partial charge in [0.05, 0.1) is 18.1 Å². The summed E-state index contributed by atoms with van der Waals surface area (Å²) < 4.78 is 21.0. The molecule has 10 nitrogen and oxygen atoms in total. The number of fused-ring (bicyclic) bond motifs is 1. The number of hydrogen-bond donors (Lipinski definition) is 1. The second kappa shape index (κ2) is 9.12. The molecule has 1 N–H and O–H groups in total. The normalized spacial score (nSPS) is 13.1. The zero-order chi connectivity index (χ0) is 21.7. The Hall–Kier alpha value is -3.82. The van der Waals surface area contributed by atoms with Crippen molar-refractivity contribution < 1.29 is 33.5 Å². The van der Waals surface area contributed by atoms with E-state index < -0.39 is 23.4 Å². The van der Waals surface area contributed by atoms with E-state index >= 15 is 0 Å². The highest BCUT2D eigenvalue weighted by molar-refractivity contribution is 5.94. The highest BCUT2D eigenvalue weighted by Crippen LogP contribution is 2.32. The Kier molecular flexibility index (Phi) is 6.35. The van der Waals surface area contributed by atoms with Gasteiger partial charge in [0.15, 0.2) is 18.1 Å². The molecule has 0 bridgehead atoms. The number of carbonyl (C=O) groups is 2. The summed E-state index contributed by atoms with van der Waals surface area (Å²) in [6.45, 7) is 2.15. The second-order valence-corrected chi connectivity index (χ2v) is 6.41. The molecule has 10 heteroatoms. The average molecular weight is 416 g/mol. The van der Waals surface area contributed by atoms with E-state index in [0.29, 0.717) is 24.7 Å². The standard InChI is InChI=1S/C20H20N2O8/c1-12(13-3-5-17-18(9-13)29-8-7-28-17)21-19(23)11-30-20(24)15-10-14(22(25)26)4-6-16(15)27-2/h3-6,9-10,12H,7-8,11H2,1-2H3,(H,21,23)/t12-/m0/s1. The number of non-ortho nitro benzene ring substituents is 1. The average Bonchev–Trinajstić information content (AvgIpc) is 2.76. The molecule has 0 saturated carbocycles. The van der Waals surface area contributed by atoms with Gasteiger partial charge in [-0.15, -0.1) is 0 Å². The quantitative estimate of drug-likeness (QED) is 0.414. The van der Waals surface area contributed by atoms with Crippen LogP contribution in [0.15, 0.2) is 36.4 Å². The number of benzene rings is 2. The highest BCUT2D eigenvalue weighted by atomic mass is 16.6. The van der Waals surface area contributed by atoms with Crippen molar-refractivity contribution >= 4 is 17.6 Å². The maximum Gasteiger partial charge on any atom is 0.342 e. The lowest BCUT2D eigenvalue weighted by Gasteiger charge is -2.21. The van der Waals surface area contributed by atoms with E-state index in [0.717, 1.165) is 11.6 Å². The van der Waals surface area contributed by atoms with Crippen LogP contribution >= 0.6 is 0 Å². The summed E-state index contributed by atoms with van der Waals surface area (Å²) >= 11 is 0. The summed E-state index contributed by atoms with van der Waals surface area (Å²) in [6, 6.07) is 8.51. The third-order valence-electron chi connectivity index (χ3n) is 4.39. The molecule has 3 rings (SSSR count). The predicted octanol–water partition coefficient (Wildman–Crippen LogP) is 2.41. The van der Waals surface area contributed by atoms with Crippen LogP contribution in [0.3, 0.4) is 0 Å². The molecule has 0 saturated heterocycles. The molecule has 158 valence electrons. The first-order valence-corrected chi connectivity index (χ1v) is 9.07. The Bertz CT molecular complexity index is 975. The van der Waals surface area contributed by atoms with Crippen LogP contribution in [0.5, 0.6) is 17.2 Å². The van der Waals surface area contributed by atoms with Crippen molar-refractivity contribution in [1.82, 2.24) is 5.32 Å². The molecule has 1 heterocycles. The zero-order valence-electron chi connectivity index (χ0n) is 16.4. The Morgan fingerprint density at radius 3 is 2.60 bits per heavy atom. The van der Waals surface area contributed by atoms with Crippen molar-refractivity contribution in [3.05, 3.63) is 57.6 Å². The largest absolute Gasteiger partial charge is 0.496 e. The van der Waals surface area contributed by atoms with Gasteiger partial charge < -0.3 is 24.3 Å². The molecule has 0 radical (unpaired) electrons. The Labute approximate surface area is 171 Å². The molecule has 0 aromatic heterocycles. The number of nitro benzene ring substituents is 1. The molecule has 1 amide bonds. The molecule has 1 atom stereocenters. The summed E-state index contributed by atoms with van der Waals surface area (Å²) in [6.07, 6.45) is 0. The van der Waals surface area contributed by atoms with E-state index in [2.05, 4.69) is 5.32 Å². The molecular formula is C20H20N2O8. The van der Waals surface area contributed by atoms with E-state index in [1.165, 1.54) is 19.2 Å². The van der Waals surface area contributed by atoms with Gasteiger partial charge in [-0.25, -0.2) is 4.79 Å². The fourth-order valence-corrected chi connectivity index (χ4v) is 2.87. The van der Waals surface area contributed by atoms with Gasteiger partial charge in [0.25, 0.3) is 11.6 Å². The Balaban J connectivity index is 1.60. The number of carbonyl (C=O) groups excluding carboxylic acids is 2. The van der Waals surface area contributed by atoms with Gasteiger partial charge in [0, 0.05) is 12.1 Å². The van der Waals surface area contributed by atoms with E-state index in [1.807, 2.05) is 0 Å². The minimum Gasteiger partial charge on any atom is -0.496 e. The van der Waals surface area contributed by atoms with Crippen LogP contribution in [0.4, 0.5) is 5.69 Å². The number of nitrogens with zero attached hydrogens (tertiary/aromatic N) is 1. The minimum atomic E-state index is -0.905. The number of hydrogen-bond acceptors (Lipinski definition) is 8. The van der Waals surface area contributed by atoms with Crippen LogP contribution in [0.2, 0.25) is 0 Å². The molecule has 2 aromatic rings. The third kappa shape index (κ3) is 4.77. The van der Waals surface area contributed by atoms with Crippen LogP contribution < -0.4 is 19.5 Å². The van der Waals surface area contributed by atoms with E-state index in [4.69, 9.17) is 18.9 Å². The number of nitro groups is 1. The summed E-state index contributed by atoms with van der Waals surface area (Å²) in [7, 11) is 1.32. The van der Waals surface area contributed by atoms with Crippen LogP contribution in [-0.4, -0.2) is 43.7 Å². The molecule has 0 unspecified atom stereocenters. The van der Waals surface area contributed by atoms with Gasteiger partial charge in [-0.3, -0.25) is 14.9 Å². The van der Waals surface area contributed by atoms with Crippen molar-refractivity contribution in [2.24, 2.45) is 0 Å². The van der Waals surface area contributed by atoms with Crippen molar-refractivity contribution in [3.8, 4) is 17.2 Å². The topological polar surface area (TPSA) is 126 Å². The second-order valence-electron chi connectivity index (χ2n) is 6.41. The fourth-order valence-electron chi connectivity index (χ4n) is 2.87. The molecule has 2 aromatic carbocycles. The first-order valence-electron chi connectivity index (χ1n) is 9.07. The molecule has 0 spiro atoms. The number of rotatable bonds is 7. The smallest absolute Gasteiger partial charge is 0.342 e. The Morgan fingerprint density at radius 1 is 1.17 bits per heavy atom. The zero-order valence-corrected chi connectivity index (χ0v) is 16.4. The van der Waals surface area contributed by atoms with Gasteiger partial charge >= 0.3 is 5.97 Å². The molecule has 30 heavy (non-hydrogen) atoms. The predicted molar refractivity (Wildman–Crippen MR) is 104 cm³/mol. The van der Waals surface area contributed by atoms with Gasteiger partial charge in [-0.2, -0.15) is 0 Å². The highest BCUT2D eigenvalue weighted by Gasteiger charge is 2.21. The summed E-state index contributed by atoms with van der Waals surface area (Å²) in [5, 5.41) is 13.6. The fraction of sp³-hybridized carbons (Fsp3) is 0.300. The molecular weight excluding hydrogens is 396 g/mol. The maximum atomic E-state index is 12.3. The Morgan fingerprint density at radius 2 is 1.90 bits per heavy atom. The van der Waals surface area contributed by atoms with Crippen LogP contribution in [0.1, 0.15) is 28.9 Å². The summed E-state index contributed by atoms with van der Waals surface area (Å²) in [4.78, 5) is 34.8. The van der Waals surface area contributed by atoms with Crippen molar-refractivity contribution in [1.29, 1.82) is 0 Å². The van der Waals surface area contributed by atoms with Gasteiger partial charge in [0.2, 0.25) is 0 Å². The molecule has 0 fully saturated rings. The van der Waals surface area contributed by atoms with Gasteiger partial charge in [0.1, 0.15) is 24.5 Å². The number of nitrogens with one attached hydrogen (secondary N) is 1. The lowest BCUT2D eigenvalue weighted by atomic mass is 10.1. The van der Waals surface area contributed by atoms with E-state index in [9.17, 15) is 19.7 Å². The monoisotopic (exact) mass is 416 g/mol. The van der Waals surface area contributed by atoms with Gasteiger partial charge in [-0.1, -0.05) is 6.07 Å². The first kappa shape index (κ1) is 20.9. The van der Waals surface area contributed by atoms with Crippen LogP contribution in [0.25, 0.3) is 0 Å². The van der Waals surface area contributed by atoms with Crippen LogP contribution in [0, 0.1) is 10.1 Å².